The van der Waals surface area contributed by atoms with Gasteiger partial charge in [-0.2, -0.15) is 0 Å². The Hall–Kier alpha value is -0.150. The Morgan fingerprint density at radius 3 is 3.11 bits per heavy atom. The molecule has 0 saturated heterocycles. The molecular formula is C6H6BrNS. The van der Waals surface area contributed by atoms with E-state index >= 15 is 0 Å². The van der Waals surface area contributed by atoms with Crippen LogP contribution in [0.15, 0.2) is 12.1 Å². The lowest BCUT2D eigenvalue weighted by Crippen LogP contribution is -1.74. The average Bonchev–Trinajstić information content (AvgIpc) is 2.33. The van der Waals surface area contributed by atoms with E-state index in [1.165, 1.54) is 4.88 Å². The maximum atomic E-state index is 4.08. The van der Waals surface area contributed by atoms with E-state index in [1.54, 1.807) is 17.4 Å². The van der Waals surface area contributed by atoms with E-state index in [0.717, 1.165) is 11.0 Å². The minimum Gasteiger partial charge on any atom is -0.245 e. The third-order valence-electron chi connectivity index (χ3n) is 0.987. The normalized spacial score (nSPS) is 9.44. The van der Waals surface area contributed by atoms with Crippen LogP contribution in [0.5, 0.6) is 0 Å². The molecule has 1 aromatic rings. The van der Waals surface area contributed by atoms with Crippen LogP contribution in [0.1, 0.15) is 10.6 Å². The first-order valence-electron chi connectivity index (χ1n) is 2.49. The summed E-state index contributed by atoms with van der Waals surface area (Å²) in [4.78, 5) is 5.32. The van der Waals surface area contributed by atoms with E-state index in [1.807, 2.05) is 5.51 Å². The van der Waals surface area contributed by atoms with E-state index in [0.29, 0.717) is 0 Å². The van der Waals surface area contributed by atoms with Crippen molar-refractivity contribution in [1.29, 1.82) is 0 Å². The number of thiazole rings is 1. The van der Waals surface area contributed by atoms with Gasteiger partial charge in [-0.05, 0) is 6.08 Å². The van der Waals surface area contributed by atoms with Crippen LogP contribution in [0.3, 0.4) is 0 Å². The SMILES string of the molecule is C=Cc1ncsc1CBr. The summed E-state index contributed by atoms with van der Waals surface area (Å²) in [6.45, 7) is 3.64. The van der Waals surface area contributed by atoms with E-state index < -0.39 is 0 Å². The lowest BCUT2D eigenvalue weighted by atomic mass is 10.4. The number of aromatic nitrogens is 1. The summed E-state index contributed by atoms with van der Waals surface area (Å²) in [5.74, 6) is 0. The number of nitrogens with zero attached hydrogens (tertiary/aromatic N) is 1. The summed E-state index contributed by atoms with van der Waals surface area (Å²) in [7, 11) is 0. The molecule has 1 rings (SSSR count). The second-order valence-corrected chi connectivity index (χ2v) is 3.00. The van der Waals surface area contributed by atoms with Crippen molar-refractivity contribution in [3.8, 4) is 0 Å². The van der Waals surface area contributed by atoms with Crippen molar-refractivity contribution >= 4 is 33.3 Å². The van der Waals surface area contributed by atoms with Gasteiger partial charge in [0.1, 0.15) is 0 Å². The van der Waals surface area contributed by atoms with Gasteiger partial charge in [-0.3, -0.25) is 0 Å². The van der Waals surface area contributed by atoms with Crippen LogP contribution in [0.25, 0.3) is 6.08 Å². The Labute approximate surface area is 66.6 Å². The lowest BCUT2D eigenvalue weighted by Gasteiger charge is -1.86. The highest BCUT2D eigenvalue weighted by atomic mass is 79.9. The van der Waals surface area contributed by atoms with E-state index in [9.17, 15) is 0 Å². The molecule has 0 aliphatic heterocycles. The fourth-order valence-corrected chi connectivity index (χ4v) is 1.84. The topological polar surface area (TPSA) is 12.9 Å². The highest BCUT2D eigenvalue weighted by molar-refractivity contribution is 9.08. The van der Waals surface area contributed by atoms with Crippen LogP contribution in [-0.2, 0) is 5.33 Å². The first-order valence-corrected chi connectivity index (χ1v) is 4.49. The molecule has 0 unspecified atom stereocenters. The predicted octanol–water partition coefficient (Wildman–Crippen LogP) is 2.68. The number of alkyl halides is 1. The molecule has 0 aliphatic rings. The number of hydrogen-bond donors (Lipinski definition) is 0. The van der Waals surface area contributed by atoms with E-state index in [-0.39, 0.29) is 0 Å². The third-order valence-corrected chi connectivity index (χ3v) is 2.77. The molecule has 1 aromatic heterocycles. The molecule has 3 heteroatoms. The second-order valence-electron chi connectivity index (χ2n) is 1.50. The summed E-state index contributed by atoms with van der Waals surface area (Å²) in [6.07, 6.45) is 1.77. The fraction of sp³-hybridized carbons (Fsp3) is 0.167. The summed E-state index contributed by atoms with van der Waals surface area (Å²) in [6, 6.07) is 0. The Morgan fingerprint density at radius 1 is 1.89 bits per heavy atom. The van der Waals surface area contributed by atoms with Gasteiger partial charge < -0.3 is 0 Å². The quantitative estimate of drug-likeness (QED) is 0.675. The van der Waals surface area contributed by atoms with E-state index in [4.69, 9.17) is 0 Å². The largest absolute Gasteiger partial charge is 0.245 e. The minimum atomic E-state index is 0.874. The molecule has 0 radical (unpaired) electrons. The molecule has 0 spiro atoms. The van der Waals surface area contributed by atoms with Gasteiger partial charge in [0.05, 0.1) is 11.2 Å². The second kappa shape index (κ2) is 3.13. The standard InChI is InChI=1S/C6H6BrNS/c1-2-5-6(3-7)9-4-8-5/h2,4H,1,3H2. The molecule has 0 saturated carbocycles. The van der Waals surface area contributed by atoms with Gasteiger partial charge in [-0.1, -0.05) is 22.5 Å². The Morgan fingerprint density at radius 2 is 2.67 bits per heavy atom. The number of hydrogen-bond acceptors (Lipinski definition) is 2. The van der Waals surface area contributed by atoms with Crippen molar-refractivity contribution in [3.63, 3.8) is 0 Å². The Bertz CT molecular complexity index is 207. The van der Waals surface area contributed by atoms with Crippen LogP contribution in [0.4, 0.5) is 0 Å². The molecule has 1 heterocycles. The zero-order valence-electron chi connectivity index (χ0n) is 4.80. The Kier molecular flexibility index (Phi) is 2.42. The van der Waals surface area contributed by atoms with Crippen LogP contribution >= 0.6 is 27.3 Å². The summed E-state index contributed by atoms with van der Waals surface area (Å²) in [5.41, 5.74) is 2.82. The number of rotatable bonds is 2. The molecule has 0 atom stereocenters. The molecule has 48 valence electrons. The van der Waals surface area contributed by atoms with Crippen LogP contribution in [-0.4, -0.2) is 4.98 Å². The van der Waals surface area contributed by atoms with Crippen molar-refractivity contribution < 1.29 is 0 Å². The molecule has 0 bridgehead atoms. The highest BCUT2D eigenvalue weighted by Gasteiger charge is 1.97. The number of halogens is 1. The first-order chi connectivity index (χ1) is 4.38. The maximum Gasteiger partial charge on any atom is 0.0802 e. The molecule has 1 nitrogen and oxygen atoms in total. The third kappa shape index (κ3) is 1.40. The van der Waals surface area contributed by atoms with E-state index in [2.05, 4.69) is 27.5 Å². The van der Waals surface area contributed by atoms with Crippen LogP contribution in [0.2, 0.25) is 0 Å². The summed E-state index contributed by atoms with van der Waals surface area (Å²) in [5, 5.41) is 0.874. The average molecular weight is 204 g/mol. The molecule has 0 amide bonds. The Balaban J connectivity index is 2.98. The lowest BCUT2D eigenvalue weighted by molar-refractivity contribution is 1.34. The van der Waals surface area contributed by atoms with Gasteiger partial charge in [-0.25, -0.2) is 4.98 Å². The minimum absolute atomic E-state index is 0.874. The maximum absolute atomic E-state index is 4.08. The summed E-state index contributed by atoms with van der Waals surface area (Å²) >= 11 is 5.00. The highest BCUT2D eigenvalue weighted by Crippen LogP contribution is 2.16. The molecule has 0 N–H and O–H groups in total. The van der Waals surface area contributed by atoms with Crippen molar-refractivity contribution in [2.75, 3.05) is 0 Å². The van der Waals surface area contributed by atoms with Crippen LogP contribution < -0.4 is 0 Å². The fourth-order valence-electron chi connectivity index (χ4n) is 0.546. The predicted molar refractivity (Wildman–Crippen MR) is 44.8 cm³/mol. The zero-order valence-corrected chi connectivity index (χ0v) is 7.20. The van der Waals surface area contributed by atoms with Crippen molar-refractivity contribution in [2.45, 2.75) is 5.33 Å². The van der Waals surface area contributed by atoms with Gasteiger partial charge in [0, 0.05) is 10.2 Å². The first kappa shape index (κ1) is 6.96. The van der Waals surface area contributed by atoms with Gasteiger partial charge in [0.25, 0.3) is 0 Å². The molecular weight excluding hydrogens is 198 g/mol. The molecule has 9 heavy (non-hydrogen) atoms. The molecule has 0 fully saturated rings. The van der Waals surface area contributed by atoms with Gasteiger partial charge in [0.15, 0.2) is 0 Å². The van der Waals surface area contributed by atoms with Crippen molar-refractivity contribution in [3.05, 3.63) is 22.7 Å². The zero-order chi connectivity index (χ0) is 6.69. The molecule has 0 aromatic carbocycles. The van der Waals surface area contributed by atoms with Crippen molar-refractivity contribution in [1.82, 2.24) is 4.98 Å². The monoisotopic (exact) mass is 203 g/mol. The van der Waals surface area contributed by atoms with Gasteiger partial charge in [-0.15, -0.1) is 11.3 Å². The van der Waals surface area contributed by atoms with Gasteiger partial charge >= 0.3 is 0 Å². The molecule has 0 aliphatic carbocycles. The van der Waals surface area contributed by atoms with Crippen molar-refractivity contribution in [2.24, 2.45) is 0 Å². The summed E-state index contributed by atoms with van der Waals surface area (Å²) < 4.78 is 0. The smallest absolute Gasteiger partial charge is 0.0802 e. The van der Waals surface area contributed by atoms with Crippen LogP contribution in [0, 0.1) is 0 Å². The van der Waals surface area contributed by atoms with Gasteiger partial charge in [0.2, 0.25) is 0 Å².